The number of carbonyl (C=O) groups is 1. The maximum Gasteiger partial charge on any atom is 0.390 e. The molecule has 6 aromatic carbocycles. The third-order valence-corrected chi connectivity index (χ3v) is 8.82. The zero-order valence-electron chi connectivity index (χ0n) is 25.3. The Morgan fingerprint density at radius 2 is 1.41 bits per heavy atom. The van der Waals surface area contributed by atoms with Gasteiger partial charge in [0.2, 0.25) is 0 Å². The molecule has 0 spiro atoms. The number of hydrogen-bond acceptors (Lipinski definition) is 6. The second-order valence-electron chi connectivity index (χ2n) is 11.4. The molecule has 1 aromatic heterocycles. The maximum atomic E-state index is 12.2. The Bertz CT molecular complexity index is 2310. The van der Waals surface area contributed by atoms with Crippen LogP contribution < -0.4 is 19.3 Å². The summed E-state index contributed by atoms with van der Waals surface area (Å²) in [5.41, 5.74) is 3.90. The highest BCUT2D eigenvalue weighted by Crippen LogP contribution is 2.44. The number of nitrogens with zero attached hydrogens (tertiary/aromatic N) is 2. The van der Waals surface area contributed by atoms with Crippen molar-refractivity contribution in [3.05, 3.63) is 121 Å². The van der Waals surface area contributed by atoms with Gasteiger partial charge in [-0.2, -0.15) is 0 Å². The van der Waals surface area contributed by atoms with Crippen LogP contribution >= 0.6 is 0 Å². The van der Waals surface area contributed by atoms with E-state index in [1.54, 1.807) is 13.4 Å². The molecule has 224 valence electrons. The first-order valence-electron chi connectivity index (χ1n) is 15.4. The summed E-state index contributed by atoms with van der Waals surface area (Å²) in [5.74, 6) is 6.10. The van der Waals surface area contributed by atoms with E-state index in [2.05, 4.69) is 70.2 Å². The normalized spacial score (nSPS) is 13.2. The number of methoxy groups -OCH3 is 1. The SMILES string of the molecule is COc1ccoc2c3ccc(N4CCN(c5ccc(OC(=O)C#Cc6ccccc6)cc5)CC4)cc3c3c4ccccc4cc3c12. The van der Waals surface area contributed by atoms with Gasteiger partial charge in [-0.1, -0.05) is 48.4 Å². The van der Waals surface area contributed by atoms with Gasteiger partial charge in [-0.15, -0.1) is 0 Å². The van der Waals surface area contributed by atoms with Crippen LogP contribution in [0.15, 0.2) is 120 Å². The molecule has 0 N–H and O–H groups in total. The number of hydrogen-bond donors (Lipinski definition) is 0. The van der Waals surface area contributed by atoms with Gasteiger partial charge >= 0.3 is 5.97 Å². The van der Waals surface area contributed by atoms with Crippen molar-refractivity contribution in [2.24, 2.45) is 0 Å². The molecule has 0 radical (unpaired) electrons. The Hall–Kier alpha value is -5.93. The highest BCUT2D eigenvalue weighted by Gasteiger charge is 2.21. The van der Waals surface area contributed by atoms with Gasteiger partial charge in [0.1, 0.15) is 17.1 Å². The molecule has 6 nitrogen and oxygen atoms in total. The van der Waals surface area contributed by atoms with Crippen molar-refractivity contribution in [3.63, 3.8) is 0 Å². The number of fused-ring (bicyclic) bond motifs is 8. The minimum Gasteiger partial charge on any atom is -0.496 e. The summed E-state index contributed by atoms with van der Waals surface area (Å²) in [6, 6.07) is 36.4. The van der Waals surface area contributed by atoms with E-state index < -0.39 is 5.97 Å². The van der Waals surface area contributed by atoms with E-state index in [4.69, 9.17) is 13.9 Å². The number of benzene rings is 5. The van der Waals surface area contributed by atoms with Crippen LogP contribution in [0.1, 0.15) is 5.56 Å². The summed E-state index contributed by atoms with van der Waals surface area (Å²) in [5, 5.41) is 8.07. The molecule has 2 heterocycles. The molecule has 7 aromatic rings. The van der Waals surface area contributed by atoms with Crippen LogP contribution in [0.5, 0.6) is 11.5 Å². The molecule has 0 bridgehead atoms. The Balaban J connectivity index is 1.03. The van der Waals surface area contributed by atoms with Crippen molar-refractivity contribution in [2.45, 2.75) is 0 Å². The number of anilines is 2. The fraction of sp³-hybridized carbons (Fsp3) is 0.125. The first-order valence-corrected chi connectivity index (χ1v) is 15.4. The van der Waals surface area contributed by atoms with Gasteiger partial charge in [0.15, 0.2) is 0 Å². The number of piperazine rings is 1. The molecule has 1 fully saturated rings. The minimum atomic E-state index is -0.576. The molecule has 46 heavy (non-hydrogen) atoms. The molecule has 8 rings (SSSR count). The van der Waals surface area contributed by atoms with Gasteiger partial charge in [-0.3, -0.25) is 0 Å². The van der Waals surface area contributed by atoms with E-state index in [-0.39, 0.29) is 0 Å². The number of rotatable bonds is 4. The van der Waals surface area contributed by atoms with E-state index in [9.17, 15) is 4.79 Å². The van der Waals surface area contributed by atoms with Crippen molar-refractivity contribution in [1.82, 2.24) is 0 Å². The lowest BCUT2D eigenvalue weighted by molar-refractivity contribution is -0.128. The molecule has 6 heteroatoms. The fourth-order valence-electron chi connectivity index (χ4n) is 6.61. The summed E-state index contributed by atoms with van der Waals surface area (Å²) < 4.78 is 17.4. The first-order chi connectivity index (χ1) is 22.7. The highest BCUT2D eigenvalue weighted by molar-refractivity contribution is 6.33. The standard InChI is InChI=1S/C40H30N2O4/c1-44-36-19-24-45-40-33-17-14-30(26-34(33)38-32-10-6-5-9-28(32)25-35(38)39(36)40)42-22-20-41(21-23-42)29-12-15-31(16-13-29)46-37(43)18-11-27-7-3-2-4-8-27/h2-10,12-17,19,24-26H,20-23H2,1H3. The zero-order valence-corrected chi connectivity index (χ0v) is 25.3. The number of esters is 1. The van der Waals surface area contributed by atoms with Crippen molar-refractivity contribution in [1.29, 1.82) is 0 Å². The summed E-state index contributed by atoms with van der Waals surface area (Å²) in [7, 11) is 1.71. The molecule has 1 aliphatic rings. The van der Waals surface area contributed by atoms with Crippen LogP contribution in [-0.4, -0.2) is 39.3 Å². The molecule has 1 aliphatic heterocycles. The van der Waals surface area contributed by atoms with E-state index >= 15 is 0 Å². The second kappa shape index (κ2) is 11.5. The van der Waals surface area contributed by atoms with Gasteiger partial charge in [0.05, 0.1) is 18.8 Å². The quantitative estimate of drug-likeness (QED) is 0.0877. The fourth-order valence-corrected chi connectivity index (χ4v) is 6.61. The summed E-state index contributed by atoms with van der Waals surface area (Å²) in [6.45, 7) is 3.51. The van der Waals surface area contributed by atoms with Crippen LogP contribution in [0.4, 0.5) is 11.4 Å². The van der Waals surface area contributed by atoms with Crippen molar-refractivity contribution in [3.8, 4) is 23.3 Å². The van der Waals surface area contributed by atoms with E-state index in [1.165, 1.54) is 27.2 Å². The maximum absolute atomic E-state index is 12.2. The first kappa shape index (κ1) is 27.6. The van der Waals surface area contributed by atoms with Crippen LogP contribution in [-0.2, 0) is 4.79 Å². The van der Waals surface area contributed by atoms with Gasteiger partial charge in [-0.25, -0.2) is 4.79 Å². The predicted molar refractivity (Wildman–Crippen MR) is 185 cm³/mol. The van der Waals surface area contributed by atoms with Gasteiger partial charge in [0.25, 0.3) is 0 Å². The Morgan fingerprint density at radius 1 is 0.696 bits per heavy atom. The molecule has 0 amide bonds. The topological polar surface area (TPSA) is 55.1 Å². The van der Waals surface area contributed by atoms with Gasteiger partial charge in [-0.05, 0) is 87.6 Å². The van der Waals surface area contributed by atoms with Crippen LogP contribution in [0, 0.1) is 11.8 Å². The highest BCUT2D eigenvalue weighted by atomic mass is 16.5. The van der Waals surface area contributed by atoms with Crippen molar-refractivity contribution in [2.75, 3.05) is 43.1 Å². The van der Waals surface area contributed by atoms with Crippen LogP contribution in [0.3, 0.4) is 0 Å². The van der Waals surface area contributed by atoms with Gasteiger partial charge < -0.3 is 23.7 Å². The molecule has 0 unspecified atom stereocenters. The lowest BCUT2D eigenvalue weighted by Gasteiger charge is -2.37. The van der Waals surface area contributed by atoms with E-state index in [1.807, 2.05) is 60.7 Å². The smallest absolute Gasteiger partial charge is 0.390 e. The third kappa shape index (κ3) is 4.92. The lowest BCUT2D eigenvalue weighted by atomic mass is 9.98. The molecular weight excluding hydrogens is 572 g/mol. The van der Waals surface area contributed by atoms with Crippen molar-refractivity contribution >= 4 is 60.6 Å². The Morgan fingerprint density at radius 3 is 2.20 bits per heavy atom. The summed E-state index contributed by atoms with van der Waals surface area (Å²) >= 11 is 0. The molecule has 0 atom stereocenters. The zero-order chi connectivity index (χ0) is 31.0. The molecular formula is C40H30N2O4. The average Bonchev–Trinajstić information content (AvgIpc) is 3.51. The average molecular weight is 603 g/mol. The van der Waals surface area contributed by atoms with E-state index in [0.29, 0.717) is 5.75 Å². The van der Waals surface area contributed by atoms with Crippen molar-refractivity contribution < 1.29 is 18.7 Å². The lowest BCUT2D eigenvalue weighted by Crippen LogP contribution is -2.46. The molecule has 1 saturated heterocycles. The summed E-state index contributed by atoms with van der Waals surface area (Å²) in [4.78, 5) is 17.0. The largest absolute Gasteiger partial charge is 0.496 e. The number of ether oxygens (including phenoxy) is 2. The van der Waals surface area contributed by atoms with Crippen LogP contribution in [0.2, 0.25) is 0 Å². The minimum absolute atomic E-state index is 0.481. The Kier molecular flexibility index (Phi) is 6.92. The molecule has 0 aliphatic carbocycles. The predicted octanol–water partition coefficient (Wildman–Crippen LogP) is 8.18. The third-order valence-electron chi connectivity index (χ3n) is 8.82. The monoisotopic (exact) mass is 602 g/mol. The van der Waals surface area contributed by atoms with E-state index in [0.717, 1.165) is 64.9 Å². The van der Waals surface area contributed by atoms with Crippen LogP contribution in [0.25, 0.3) is 43.3 Å². The summed E-state index contributed by atoms with van der Waals surface area (Å²) in [6.07, 6.45) is 1.71. The van der Waals surface area contributed by atoms with Gasteiger partial charge in [0, 0.05) is 60.5 Å². The molecule has 0 saturated carbocycles. The second-order valence-corrected chi connectivity index (χ2v) is 11.4. The number of carbonyl (C=O) groups excluding carboxylic acids is 1. The Labute approximate surface area is 266 Å².